The maximum absolute atomic E-state index is 11.7. The van der Waals surface area contributed by atoms with Gasteiger partial charge in [-0.3, -0.25) is 4.79 Å². The van der Waals surface area contributed by atoms with Crippen LogP contribution >= 0.6 is 0 Å². The first-order valence-electron chi connectivity index (χ1n) is 5.36. The van der Waals surface area contributed by atoms with Gasteiger partial charge >= 0.3 is 5.97 Å². The zero-order valence-corrected chi connectivity index (χ0v) is 9.87. The maximum atomic E-state index is 11.7. The Morgan fingerprint density at radius 3 is 2.41 bits per heavy atom. The molecule has 0 bridgehead atoms. The predicted octanol–water partition coefficient (Wildman–Crippen LogP) is -0.392. The number of carbonyl (C=O) groups excluding carboxylic acids is 1. The van der Waals surface area contributed by atoms with Crippen molar-refractivity contribution in [2.45, 2.75) is 31.9 Å². The van der Waals surface area contributed by atoms with Crippen molar-refractivity contribution in [3.8, 4) is 0 Å². The number of nitrogens with zero attached hydrogens (tertiary/aromatic N) is 1. The Morgan fingerprint density at radius 1 is 1.47 bits per heavy atom. The summed E-state index contributed by atoms with van der Waals surface area (Å²) in [6.07, 6.45) is 1.23. The quantitative estimate of drug-likeness (QED) is 0.506. The van der Waals surface area contributed by atoms with E-state index in [-0.39, 0.29) is 13.0 Å². The first kappa shape index (κ1) is 15.6. The van der Waals surface area contributed by atoms with E-state index in [2.05, 4.69) is 6.58 Å². The van der Waals surface area contributed by atoms with E-state index >= 15 is 0 Å². The molecule has 0 aromatic carbocycles. The average molecular weight is 245 g/mol. The summed E-state index contributed by atoms with van der Waals surface area (Å²) in [6.45, 7) is 4.12. The van der Waals surface area contributed by atoms with Crippen LogP contribution in [0.2, 0.25) is 0 Å². The van der Waals surface area contributed by atoms with E-state index in [4.69, 9.17) is 10.2 Å². The van der Waals surface area contributed by atoms with Crippen LogP contribution in [0.1, 0.15) is 19.8 Å². The number of allylic oxidation sites excluding steroid dienone is 1. The zero-order valence-electron chi connectivity index (χ0n) is 9.87. The molecule has 0 aromatic heterocycles. The first-order chi connectivity index (χ1) is 7.93. The van der Waals surface area contributed by atoms with Gasteiger partial charge in [-0.1, -0.05) is 6.08 Å². The first-order valence-corrected chi connectivity index (χ1v) is 5.36. The van der Waals surface area contributed by atoms with Gasteiger partial charge in [0, 0.05) is 13.0 Å². The fraction of sp³-hybridized carbons (Fsp3) is 0.636. The molecule has 3 N–H and O–H groups in total. The Labute approximate surface area is 100 Å². The van der Waals surface area contributed by atoms with Crippen LogP contribution in [-0.4, -0.2) is 57.4 Å². The van der Waals surface area contributed by atoms with Gasteiger partial charge in [0.1, 0.15) is 0 Å². The Kier molecular flexibility index (Phi) is 7.16. The second kappa shape index (κ2) is 7.81. The van der Waals surface area contributed by atoms with Crippen molar-refractivity contribution in [3.05, 3.63) is 12.7 Å². The van der Waals surface area contributed by atoms with Gasteiger partial charge < -0.3 is 20.2 Å². The van der Waals surface area contributed by atoms with Crippen molar-refractivity contribution in [1.29, 1.82) is 0 Å². The number of hydrogen-bond donors (Lipinski definition) is 3. The summed E-state index contributed by atoms with van der Waals surface area (Å²) < 4.78 is 0. The largest absolute Gasteiger partial charge is 0.480 e. The molecule has 6 heteroatoms. The van der Waals surface area contributed by atoms with Crippen molar-refractivity contribution in [1.82, 2.24) is 4.90 Å². The number of amides is 1. The van der Waals surface area contributed by atoms with E-state index < -0.39 is 30.6 Å². The van der Waals surface area contributed by atoms with Crippen LogP contribution < -0.4 is 0 Å². The highest BCUT2D eigenvalue weighted by Gasteiger charge is 2.29. The van der Waals surface area contributed by atoms with Crippen LogP contribution in [0.4, 0.5) is 0 Å². The van der Waals surface area contributed by atoms with E-state index in [1.807, 2.05) is 0 Å². The van der Waals surface area contributed by atoms with E-state index in [9.17, 15) is 14.7 Å². The van der Waals surface area contributed by atoms with E-state index in [1.165, 1.54) is 6.92 Å². The molecule has 0 spiro atoms. The molecule has 0 heterocycles. The molecule has 0 radical (unpaired) electrons. The summed E-state index contributed by atoms with van der Waals surface area (Å²) >= 11 is 0. The summed E-state index contributed by atoms with van der Waals surface area (Å²) in [5.41, 5.74) is 0. The number of rotatable bonds is 8. The molecular formula is C11H19NO5. The summed E-state index contributed by atoms with van der Waals surface area (Å²) in [7, 11) is 0. The number of aliphatic hydroxyl groups excluding tert-OH is 2. The summed E-state index contributed by atoms with van der Waals surface area (Å²) in [4.78, 5) is 23.6. The molecule has 0 saturated heterocycles. The van der Waals surface area contributed by atoms with Crippen LogP contribution in [0.3, 0.4) is 0 Å². The minimum absolute atomic E-state index is 0.111. The Bertz CT molecular complexity index is 277. The van der Waals surface area contributed by atoms with Gasteiger partial charge in [0.15, 0.2) is 6.04 Å². The molecule has 0 fully saturated rings. The lowest BCUT2D eigenvalue weighted by Crippen LogP contribution is -2.49. The third kappa shape index (κ3) is 5.46. The normalized spacial score (nSPS) is 13.8. The third-order valence-electron chi connectivity index (χ3n) is 2.18. The molecule has 0 aromatic rings. The monoisotopic (exact) mass is 245 g/mol. The number of aliphatic hydroxyl groups is 2. The van der Waals surface area contributed by atoms with Crippen LogP contribution in [0.5, 0.6) is 0 Å². The number of carboxylic acid groups (broad SMARTS) is 1. The number of hydrogen-bond acceptors (Lipinski definition) is 4. The van der Waals surface area contributed by atoms with Crippen molar-refractivity contribution in [3.63, 3.8) is 0 Å². The van der Waals surface area contributed by atoms with Gasteiger partial charge in [0.05, 0.1) is 12.7 Å². The van der Waals surface area contributed by atoms with Gasteiger partial charge in [-0.05, 0) is 13.3 Å². The zero-order chi connectivity index (χ0) is 13.4. The lowest BCUT2D eigenvalue weighted by atomic mass is 10.2. The van der Waals surface area contributed by atoms with Crippen LogP contribution in [0.15, 0.2) is 12.7 Å². The second-order valence-electron chi connectivity index (χ2n) is 3.76. The van der Waals surface area contributed by atoms with Gasteiger partial charge in [-0.15, -0.1) is 6.58 Å². The molecule has 17 heavy (non-hydrogen) atoms. The molecule has 0 aliphatic carbocycles. The number of aliphatic carboxylic acids is 1. The number of carboxylic acids is 1. The minimum atomic E-state index is -1.32. The predicted molar refractivity (Wildman–Crippen MR) is 61.3 cm³/mol. The van der Waals surface area contributed by atoms with Crippen molar-refractivity contribution >= 4 is 11.9 Å². The molecule has 0 aliphatic heterocycles. The van der Waals surface area contributed by atoms with E-state index in [1.54, 1.807) is 6.08 Å². The molecule has 98 valence electrons. The summed E-state index contributed by atoms with van der Waals surface area (Å²) in [5, 5.41) is 27.1. The Morgan fingerprint density at radius 2 is 2.06 bits per heavy atom. The molecule has 0 unspecified atom stereocenters. The molecule has 1 amide bonds. The molecule has 0 saturated carbocycles. The molecular weight excluding hydrogens is 226 g/mol. The Hall–Kier alpha value is -1.40. The van der Waals surface area contributed by atoms with E-state index in [0.29, 0.717) is 6.42 Å². The topological polar surface area (TPSA) is 98.1 Å². The van der Waals surface area contributed by atoms with Gasteiger partial charge in [0.25, 0.3) is 0 Å². The average Bonchev–Trinajstić information content (AvgIpc) is 2.24. The third-order valence-corrected chi connectivity index (χ3v) is 2.18. The maximum Gasteiger partial charge on any atom is 0.328 e. The second-order valence-corrected chi connectivity index (χ2v) is 3.76. The highest BCUT2D eigenvalue weighted by Crippen LogP contribution is 2.06. The lowest BCUT2D eigenvalue weighted by Gasteiger charge is -2.28. The lowest BCUT2D eigenvalue weighted by molar-refractivity contribution is -0.153. The highest BCUT2D eigenvalue weighted by atomic mass is 16.4. The van der Waals surface area contributed by atoms with Crippen molar-refractivity contribution < 1.29 is 24.9 Å². The van der Waals surface area contributed by atoms with Crippen molar-refractivity contribution in [2.24, 2.45) is 0 Å². The molecule has 2 atom stereocenters. The van der Waals surface area contributed by atoms with Gasteiger partial charge in [-0.25, -0.2) is 4.79 Å². The van der Waals surface area contributed by atoms with Gasteiger partial charge in [-0.2, -0.15) is 0 Å². The highest BCUT2D eigenvalue weighted by molar-refractivity contribution is 5.83. The molecule has 0 rings (SSSR count). The SMILES string of the molecule is C=CCCC(=O)N(C[C@H](C)O)[C@@H](CO)C(=O)O. The van der Waals surface area contributed by atoms with Gasteiger partial charge in [0.2, 0.25) is 5.91 Å². The fourth-order valence-corrected chi connectivity index (χ4v) is 1.37. The standard InChI is InChI=1S/C11H19NO5/c1-3-4-5-10(15)12(6-8(2)14)9(7-13)11(16)17/h3,8-9,13-14H,1,4-7H2,2H3,(H,16,17)/t8-,9-/m0/s1. The minimum Gasteiger partial charge on any atom is -0.480 e. The Balaban J connectivity index is 4.77. The van der Waals surface area contributed by atoms with Crippen LogP contribution in [0.25, 0.3) is 0 Å². The van der Waals surface area contributed by atoms with Crippen LogP contribution in [0, 0.1) is 0 Å². The summed E-state index contributed by atoms with van der Waals surface area (Å²) in [6, 6.07) is -1.32. The summed E-state index contributed by atoms with van der Waals surface area (Å²) in [5.74, 6) is -1.72. The number of carbonyl (C=O) groups is 2. The molecule has 6 nitrogen and oxygen atoms in total. The molecule has 0 aliphatic rings. The van der Waals surface area contributed by atoms with E-state index in [0.717, 1.165) is 4.90 Å². The van der Waals surface area contributed by atoms with Crippen LogP contribution in [-0.2, 0) is 9.59 Å². The smallest absolute Gasteiger partial charge is 0.328 e. The fourth-order valence-electron chi connectivity index (χ4n) is 1.37. The van der Waals surface area contributed by atoms with Crippen molar-refractivity contribution in [2.75, 3.05) is 13.2 Å².